The van der Waals surface area contributed by atoms with E-state index in [9.17, 15) is 8.78 Å². The number of allylic oxidation sites excluding steroid dienone is 1. The molecule has 0 unspecified atom stereocenters. The number of benzene rings is 1. The third-order valence-electron chi connectivity index (χ3n) is 4.56. The highest BCUT2D eigenvalue weighted by Gasteiger charge is 2.19. The minimum Gasteiger partial charge on any atom is -0.493 e. The molecule has 0 aliphatic heterocycles. The van der Waals surface area contributed by atoms with Crippen LogP contribution in [0.3, 0.4) is 0 Å². The number of thioether (sulfide) groups is 1. The second kappa shape index (κ2) is 9.86. The molecule has 0 aliphatic carbocycles. The van der Waals surface area contributed by atoms with Gasteiger partial charge in [0.05, 0.1) is 24.7 Å². The Kier molecular flexibility index (Phi) is 6.73. The molecule has 9 nitrogen and oxygen atoms in total. The van der Waals surface area contributed by atoms with Crippen LogP contribution in [0.2, 0.25) is 0 Å². The van der Waals surface area contributed by atoms with E-state index in [1.54, 1.807) is 18.4 Å². The van der Waals surface area contributed by atoms with Gasteiger partial charge in [-0.3, -0.25) is 4.57 Å². The van der Waals surface area contributed by atoms with Gasteiger partial charge in [0.1, 0.15) is 5.76 Å². The summed E-state index contributed by atoms with van der Waals surface area (Å²) in [7, 11) is 1.36. The third-order valence-corrected chi connectivity index (χ3v) is 5.51. The minimum absolute atomic E-state index is 0.0826. The van der Waals surface area contributed by atoms with Crippen molar-refractivity contribution in [3.05, 3.63) is 54.8 Å². The van der Waals surface area contributed by atoms with E-state index in [1.807, 2.05) is 17.6 Å². The predicted octanol–water partition coefficient (Wildman–Crippen LogP) is 4.98. The summed E-state index contributed by atoms with van der Waals surface area (Å²) >= 11 is 1.38. The zero-order valence-corrected chi connectivity index (χ0v) is 18.5. The fourth-order valence-electron chi connectivity index (χ4n) is 3.06. The smallest absolute Gasteiger partial charge is 0.387 e. The molecule has 0 saturated heterocycles. The quantitative estimate of drug-likeness (QED) is 0.232. The Labute approximate surface area is 191 Å². The molecule has 3 heterocycles. The number of aryl methyl sites for hydroxylation is 1. The average Bonchev–Trinajstić information content (AvgIpc) is 3.53. The van der Waals surface area contributed by atoms with Crippen LogP contribution in [0.1, 0.15) is 11.7 Å². The molecule has 0 radical (unpaired) electrons. The molecular formula is C21H19F2N5O4S. The lowest BCUT2D eigenvalue weighted by Crippen LogP contribution is -2.03. The first kappa shape index (κ1) is 22.5. The SMILES string of the molecule is C=CCn1c(SCc2nc(-c3ccc(OC(F)F)c(OC)c3)no2)nnc1-c1ccoc1C. The third kappa shape index (κ3) is 4.90. The van der Waals surface area contributed by atoms with Crippen LogP contribution in [0, 0.1) is 6.92 Å². The fourth-order valence-corrected chi connectivity index (χ4v) is 3.85. The second-order valence-electron chi connectivity index (χ2n) is 6.64. The van der Waals surface area contributed by atoms with Gasteiger partial charge in [-0.25, -0.2) is 0 Å². The Morgan fingerprint density at radius 2 is 2.09 bits per heavy atom. The average molecular weight is 475 g/mol. The van der Waals surface area contributed by atoms with Crippen LogP contribution >= 0.6 is 11.8 Å². The standard InChI is InChI=1S/C21H19F2N5O4S/c1-4-8-28-19(14-7-9-30-12(14)2)25-26-21(28)33-11-17-24-18(27-32-17)13-5-6-15(31-20(22)23)16(10-13)29-3/h4-7,9-10,20H,1,8,11H2,2-3H3. The lowest BCUT2D eigenvalue weighted by molar-refractivity contribution is -0.0512. The van der Waals surface area contributed by atoms with Gasteiger partial charge in [0.15, 0.2) is 22.5 Å². The summed E-state index contributed by atoms with van der Waals surface area (Å²) in [5.41, 5.74) is 1.38. The number of aromatic nitrogens is 5. The number of hydrogen-bond donors (Lipinski definition) is 0. The van der Waals surface area contributed by atoms with Gasteiger partial charge in [-0.15, -0.1) is 16.8 Å². The summed E-state index contributed by atoms with van der Waals surface area (Å²) in [6.45, 7) is 3.21. The summed E-state index contributed by atoms with van der Waals surface area (Å²) in [5, 5.41) is 13.2. The van der Waals surface area contributed by atoms with Crippen molar-refractivity contribution in [3.8, 4) is 34.3 Å². The molecule has 12 heteroatoms. The topological polar surface area (TPSA) is 101 Å². The molecule has 4 aromatic rings. The van der Waals surface area contributed by atoms with Crippen LogP contribution in [-0.4, -0.2) is 38.6 Å². The molecular weight excluding hydrogens is 456 g/mol. The molecule has 4 rings (SSSR count). The normalized spacial score (nSPS) is 11.2. The number of ether oxygens (including phenoxy) is 2. The molecule has 0 spiro atoms. The van der Waals surface area contributed by atoms with Gasteiger partial charge in [-0.05, 0) is 31.2 Å². The number of furan rings is 1. The first-order valence-electron chi connectivity index (χ1n) is 9.67. The van der Waals surface area contributed by atoms with Crippen molar-refractivity contribution in [2.75, 3.05) is 7.11 Å². The van der Waals surface area contributed by atoms with Crippen molar-refractivity contribution in [1.82, 2.24) is 24.9 Å². The van der Waals surface area contributed by atoms with Crippen LogP contribution < -0.4 is 9.47 Å². The van der Waals surface area contributed by atoms with Gasteiger partial charge >= 0.3 is 6.61 Å². The maximum Gasteiger partial charge on any atom is 0.387 e. The number of alkyl halides is 2. The highest BCUT2D eigenvalue weighted by atomic mass is 32.2. The van der Waals surface area contributed by atoms with E-state index in [1.165, 1.54) is 31.0 Å². The van der Waals surface area contributed by atoms with Gasteiger partial charge in [-0.1, -0.05) is 23.0 Å². The molecule has 0 bridgehead atoms. The fraction of sp³-hybridized carbons (Fsp3) is 0.238. The van der Waals surface area contributed by atoms with Crippen LogP contribution in [-0.2, 0) is 12.3 Å². The predicted molar refractivity (Wildman–Crippen MR) is 115 cm³/mol. The zero-order valence-electron chi connectivity index (χ0n) is 17.7. The Balaban J connectivity index is 1.51. The Morgan fingerprint density at radius 1 is 1.24 bits per heavy atom. The Bertz CT molecular complexity index is 1250. The summed E-state index contributed by atoms with van der Waals surface area (Å²) in [4.78, 5) is 4.37. The molecule has 3 aromatic heterocycles. The first-order valence-corrected chi connectivity index (χ1v) is 10.7. The van der Waals surface area contributed by atoms with Crippen molar-refractivity contribution in [1.29, 1.82) is 0 Å². The summed E-state index contributed by atoms with van der Waals surface area (Å²) in [6.07, 6.45) is 3.36. The molecule has 0 N–H and O–H groups in total. The number of methoxy groups -OCH3 is 1. The molecule has 1 aromatic carbocycles. The van der Waals surface area contributed by atoms with Gasteiger partial charge in [0, 0.05) is 12.1 Å². The van der Waals surface area contributed by atoms with Gasteiger partial charge < -0.3 is 18.4 Å². The molecule has 0 amide bonds. The number of rotatable bonds is 10. The van der Waals surface area contributed by atoms with Crippen molar-refractivity contribution >= 4 is 11.8 Å². The van der Waals surface area contributed by atoms with Crippen molar-refractivity contribution in [3.63, 3.8) is 0 Å². The molecule has 0 saturated carbocycles. The van der Waals surface area contributed by atoms with E-state index in [4.69, 9.17) is 13.7 Å². The maximum atomic E-state index is 12.5. The maximum absolute atomic E-state index is 12.5. The molecule has 33 heavy (non-hydrogen) atoms. The van der Waals surface area contributed by atoms with E-state index < -0.39 is 6.61 Å². The van der Waals surface area contributed by atoms with E-state index in [2.05, 4.69) is 31.7 Å². The van der Waals surface area contributed by atoms with E-state index in [0.29, 0.717) is 34.7 Å². The number of nitrogens with zero attached hydrogens (tertiary/aromatic N) is 5. The lowest BCUT2D eigenvalue weighted by atomic mass is 10.2. The largest absolute Gasteiger partial charge is 0.493 e. The van der Waals surface area contributed by atoms with Crippen LogP contribution in [0.25, 0.3) is 22.8 Å². The highest BCUT2D eigenvalue weighted by Crippen LogP contribution is 2.33. The van der Waals surface area contributed by atoms with Gasteiger partial charge in [0.2, 0.25) is 11.7 Å². The summed E-state index contributed by atoms with van der Waals surface area (Å²) in [6, 6.07) is 6.24. The zero-order chi connectivity index (χ0) is 23.4. The summed E-state index contributed by atoms with van der Waals surface area (Å²) < 4.78 is 47.2. The minimum atomic E-state index is -2.96. The lowest BCUT2D eigenvalue weighted by Gasteiger charge is -2.10. The van der Waals surface area contributed by atoms with Crippen molar-refractivity contribution in [2.24, 2.45) is 0 Å². The molecule has 0 atom stereocenters. The van der Waals surface area contributed by atoms with Gasteiger partial charge in [-0.2, -0.15) is 13.8 Å². The highest BCUT2D eigenvalue weighted by molar-refractivity contribution is 7.98. The molecule has 172 valence electrons. The van der Waals surface area contributed by atoms with E-state index in [0.717, 1.165) is 11.3 Å². The van der Waals surface area contributed by atoms with Crippen LogP contribution in [0.15, 0.2) is 57.3 Å². The van der Waals surface area contributed by atoms with Crippen LogP contribution in [0.4, 0.5) is 8.78 Å². The van der Waals surface area contributed by atoms with Gasteiger partial charge in [0.25, 0.3) is 0 Å². The van der Waals surface area contributed by atoms with E-state index >= 15 is 0 Å². The first-order chi connectivity index (χ1) is 16.0. The van der Waals surface area contributed by atoms with E-state index in [-0.39, 0.29) is 17.3 Å². The van der Waals surface area contributed by atoms with Crippen molar-refractivity contribution in [2.45, 2.75) is 31.0 Å². The second-order valence-corrected chi connectivity index (χ2v) is 7.58. The van der Waals surface area contributed by atoms with Crippen LogP contribution in [0.5, 0.6) is 11.5 Å². The summed E-state index contributed by atoms with van der Waals surface area (Å²) in [5.74, 6) is 2.45. The Morgan fingerprint density at radius 3 is 2.79 bits per heavy atom. The monoisotopic (exact) mass is 475 g/mol. The molecule has 0 aliphatic rings. The molecule has 0 fully saturated rings. The number of halogens is 2. The Hall–Kier alpha value is -3.67. The van der Waals surface area contributed by atoms with Crippen molar-refractivity contribution < 1.29 is 27.2 Å². The number of hydrogen-bond acceptors (Lipinski definition) is 9.